The molecule has 0 aliphatic carbocycles. The van der Waals surface area contributed by atoms with Crippen molar-refractivity contribution in [2.24, 2.45) is 0 Å². The molecular weight excluding hydrogens is 204 g/mol. The molecule has 0 aromatic carbocycles. The Morgan fingerprint density at radius 2 is 1.88 bits per heavy atom. The summed E-state index contributed by atoms with van der Waals surface area (Å²) in [5.74, 6) is 0. The third-order valence-electron chi connectivity index (χ3n) is 3.02. The Morgan fingerprint density at radius 3 is 2.44 bits per heavy atom. The second kappa shape index (κ2) is 7.25. The van der Waals surface area contributed by atoms with E-state index < -0.39 is 0 Å². The molecule has 1 heterocycles. The van der Waals surface area contributed by atoms with Crippen LogP contribution in [0.4, 0.5) is 0 Å². The van der Waals surface area contributed by atoms with E-state index in [1.54, 1.807) is 0 Å². The zero-order chi connectivity index (χ0) is 12.0. The number of ether oxygens (including phenoxy) is 2. The molecule has 0 radical (unpaired) electrons. The van der Waals surface area contributed by atoms with E-state index in [1.807, 2.05) is 6.92 Å². The molecule has 1 aliphatic heterocycles. The van der Waals surface area contributed by atoms with Gasteiger partial charge in [0, 0.05) is 6.61 Å². The van der Waals surface area contributed by atoms with Gasteiger partial charge in [0.1, 0.15) is 0 Å². The molecule has 96 valence electrons. The zero-order valence-electron chi connectivity index (χ0n) is 10.8. The highest BCUT2D eigenvalue weighted by molar-refractivity contribution is 4.73. The molecule has 1 aliphatic rings. The first-order valence-corrected chi connectivity index (χ1v) is 6.53. The van der Waals surface area contributed by atoms with Gasteiger partial charge in [-0.1, -0.05) is 0 Å². The van der Waals surface area contributed by atoms with E-state index in [1.165, 1.54) is 0 Å². The number of aliphatic hydroxyl groups excluding tert-OH is 1. The maximum Gasteiger partial charge on any atom is 0.0624 e. The SMILES string of the molecule is CC(O)CCCCOC1CC(C)OC(C)C1. The predicted molar refractivity (Wildman–Crippen MR) is 64.5 cm³/mol. The van der Waals surface area contributed by atoms with E-state index in [2.05, 4.69) is 13.8 Å². The number of unbranched alkanes of at least 4 members (excludes halogenated alkanes) is 1. The van der Waals surface area contributed by atoms with Gasteiger partial charge >= 0.3 is 0 Å². The van der Waals surface area contributed by atoms with Crippen LogP contribution in [0.25, 0.3) is 0 Å². The maximum atomic E-state index is 9.11. The van der Waals surface area contributed by atoms with Crippen LogP contribution in [0.1, 0.15) is 52.9 Å². The lowest BCUT2D eigenvalue weighted by Gasteiger charge is -2.32. The van der Waals surface area contributed by atoms with E-state index >= 15 is 0 Å². The Balaban J connectivity index is 2.04. The van der Waals surface area contributed by atoms with Crippen molar-refractivity contribution in [1.29, 1.82) is 0 Å². The predicted octanol–water partition coefficient (Wildman–Crippen LogP) is 2.51. The van der Waals surface area contributed by atoms with Crippen molar-refractivity contribution < 1.29 is 14.6 Å². The van der Waals surface area contributed by atoms with E-state index in [4.69, 9.17) is 14.6 Å². The van der Waals surface area contributed by atoms with Crippen LogP contribution < -0.4 is 0 Å². The Bertz CT molecular complexity index is 172. The molecule has 16 heavy (non-hydrogen) atoms. The van der Waals surface area contributed by atoms with Gasteiger partial charge < -0.3 is 14.6 Å². The number of rotatable bonds is 6. The average molecular weight is 230 g/mol. The van der Waals surface area contributed by atoms with Crippen molar-refractivity contribution in [2.75, 3.05) is 6.61 Å². The van der Waals surface area contributed by atoms with Gasteiger partial charge in [0.05, 0.1) is 24.4 Å². The van der Waals surface area contributed by atoms with Crippen molar-refractivity contribution in [3.05, 3.63) is 0 Å². The van der Waals surface area contributed by atoms with Crippen LogP contribution in [0, 0.1) is 0 Å². The molecule has 1 rings (SSSR count). The van der Waals surface area contributed by atoms with Gasteiger partial charge in [-0.05, 0) is 52.9 Å². The van der Waals surface area contributed by atoms with Gasteiger partial charge in [-0.15, -0.1) is 0 Å². The lowest BCUT2D eigenvalue weighted by atomic mass is 10.0. The number of aliphatic hydroxyl groups is 1. The summed E-state index contributed by atoms with van der Waals surface area (Å²) in [5, 5.41) is 9.11. The molecule has 3 nitrogen and oxygen atoms in total. The first-order chi connectivity index (χ1) is 7.58. The van der Waals surface area contributed by atoms with Crippen LogP contribution in [0.3, 0.4) is 0 Å². The van der Waals surface area contributed by atoms with E-state index in [0.29, 0.717) is 18.3 Å². The summed E-state index contributed by atoms with van der Waals surface area (Å²) in [6.07, 6.45) is 5.84. The van der Waals surface area contributed by atoms with Crippen molar-refractivity contribution in [3.8, 4) is 0 Å². The maximum absolute atomic E-state index is 9.11. The largest absolute Gasteiger partial charge is 0.393 e. The monoisotopic (exact) mass is 230 g/mol. The van der Waals surface area contributed by atoms with E-state index in [0.717, 1.165) is 38.7 Å². The third-order valence-corrected chi connectivity index (χ3v) is 3.02. The summed E-state index contributed by atoms with van der Waals surface area (Å²) in [4.78, 5) is 0. The Morgan fingerprint density at radius 1 is 1.25 bits per heavy atom. The van der Waals surface area contributed by atoms with Gasteiger partial charge in [-0.25, -0.2) is 0 Å². The molecule has 1 saturated heterocycles. The number of hydrogen-bond acceptors (Lipinski definition) is 3. The van der Waals surface area contributed by atoms with Gasteiger partial charge in [-0.3, -0.25) is 0 Å². The minimum absolute atomic E-state index is 0.178. The molecule has 1 N–H and O–H groups in total. The lowest BCUT2D eigenvalue weighted by Crippen LogP contribution is -2.34. The highest BCUT2D eigenvalue weighted by Crippen LogP contribution is 2.21. The molecule has 0 aromatic rings. The molecule has 0 bridgehead atoms. The summed E-state index contributed by atoms with van der Waals surface area (Å²) >= 11 is 0. The first kappa shape index (κ1) is 13.9. The fraction of sp³-hybridized carbons (Fsp3) is 1.00. The van der Waals surface area contributed by atoms with Crippen molar-refractivity contribution in [2.45, 2.75) is 77.3 Å². The molecule has 1 fully saturated rings. The third kappa shape index (κ3) is 5.83. The number of hydrogen-bond donors (Lipinski definition) is 1. The molecular formula is C13H26O3. The Hall–Kier alpha value is -0.120. The molecule has 0 amide bonds. The fourth-order valence-corrected chi connectivity index (χ4v) is 2.27. The van der Waals surface area contributed by atoms with Gasteiger partial charge in [0.15, 0.2) is 0 Å². The van der Waals surface area contributed by atoms with Crippen LogP contribution in [-0.2, 0) is 9.47 Å². The topological polar surface area (TPSA) is 38.7 Å². The van der Waals surface area contributed by atoms with E-state index in [-0.39, 0.29) is 6.10 Å². The summed E-state index contributed by atoms with van der Waals surface area (Å²) < 4.78 is 11.5. The van der Waals surface area contributed by atoms with Crippen LogP contribution in [0.15, 0.2) is 0 Å². The van der Waals surface area contributed by atoms with Gasteiger partial charge in [0.25, 0.3) is 0 Å². The smallest absolute Gasteiger partial charge is 0.0624 e. The normalized spacial score (nSPS) is 32.6. The first-order valence-electron chi connectivity index (χ1n) is 6.53. The van der Waals surface area contributed by atoms with E-state index in [9.17, 15) is 0 Å². The van der Waals surface area contributed by atoms with Gasteiger partial charge in [0.2, 0.25) is 0 Å². The summed E-state index contributed by atoms with van der Waals surface area (Å²) in [6.45, 7) is 6.87. The van der Waals surface area contributed by atoms with Crippen LogP contribution in [-0.4, -0.2) is 36.1 Å². The fourth-order valence-electron chi connectivity index (χ4n) is 2.27. The van der Waals surface area contributed by atoms with Gasteiger partial charge in [-0.2, -0.15) is 0 Å². The highest BCUT2D eigenvalue weighted by atomic mass is 16.5. The molecule has 0 aromatic heterocycles. The Labute approximate surface area is 99.1 Å². The minimum Gasteiger partial charge on any atom is -0.393 e. The van der Waals surface area contributed by atoms with Crippen LogP contribution >= 0.6 is 0 Å². The van der Waals surface area contributed by atoms with Crippen molar-refractivity contribution >= 4 is 0 Å². The Kier molecular flexibility index (Phi) is 6.32. The molecule has 3 heteroatoms. The molecule has 0 saturated carbocycles. The standard InChI is InChI=1S/C13H26O3/c1-10(14)6-4-5-7-15-13-8-11(2)16-12(3)9-13/h10-14H,4-9H2,1-3H3. The summed E-state index contributed by atoms with van der Waals surface area (Å²) in [7, 11) is 0. The van der Waals surface area contributed by atoms with Crippen molar-refractivity contribution in [3.63, 3.8) is 0 Å². The van der Waals surface area contributed by atoms with Crippen LogP contribution in [0.5, 0.6) is 0 Å². The zero-order valence-corrected chi connectivity index (χ0v) is 10.8. The molecule has 0 spiro atoms. The minimum atomic E-state index is -0.178. The second-order valence-corrected chi connectivity index (χ2v) is 5.07. The average Bonchev–Trinajstić information content (AvgIpc) is 2.15. The van der Waals surface area contributed by atoms with Crippen LogP contribution in [0.2, 0.25) is 0 Å². The van der Waals surface area contributed by atoms with Crippen molar-refractivity contribution in [1.82, 2.24) is 0 Å². The lowest BCUT2D eigenvalue weighted by molar-refractivity contribution is -0.102. The summed E-state index contributed by atoms with van der Waals surface area (Å²) in [5.41, 5.74) is 0. The molecule has 3 unspecified atom stereocenters. The quantitative estimate of drug-likeness (QED) is 0.713. The molecule has 3 atom stereocenters. The summed E-state index contributed by atoms with van der Waals surface area (Å²) in [6, 6.07) is 0. The second-order valence-electron chi connectivity index (χ2n) is 5.07. The highest BCUT2D eigenvalue weighted by Gasteiger charge is 2.24.